The molecule has 0 aliphatic rings. The van der Waals surface area contributed by atoms with Crippen LogP contribution in [0.15, 0.2) is 0 Å². The molecule has 0 spiro atoms. The van der Waals surface area contributed by atoms with Gasteiger partial charge in [-0.2, -0.15) is 38.1 Å². The van der Waals surface area contributed by atoms with Gasteiger partial charge in [0.15, 0.2) is 20.0 Å². The SMILES string of the molecule is CCCO[Si](CCCSCCC(=O)OCC[N+](C)(C)C)(OCCC)OCCC.O=S(=O)([N-]S(=O)(=O)C(F)(F)F)C(F)(F)F. The fraction of sp³-hybridized carbons (Fsp3) is 0.955. The minimum Gasteiger partial charge on any atom is -0.460 e. The van der Waals surface area contributed by atoms with Crippen LogP contribution in [0, 0.1) is 0 Å². The average molecular weight is 719 g/mol. The number of hydrogen-bond donors (Lipinski definition) is 0. The first-order chi connectivity index (χ1) is 19.5. The van der Waals surface area contributed by atoms with Crippen LogP contribution in [-0.4, -0.2) is 113 Å². The third-order valence-electron chi connectivity index (χ3n) is 4.61. The number of carbonyl (C=O) groups excluding carboxylic acids is 1. The number of quaternary nitrogens is 1. The van der Waals surface area contributed by atoms with E-state index in [1.807, 2.05) is 0 Å². The van der Waals surface area contributed by atoms with E-state index in [2.05, 4.69) is 41.9 Å². The minimum absolute atomic E-state index is 0.103. The van der Waals surface area contributed by atoms with Gasteiger partial charge in [0, 0.05) is 31.6 Å². The second-order valence-corrected chi connectivity index (χ2v) is 17.2. The molecule has 0 N–H and O–H groups in total. The van der Waals surface area contributed by atoms with Crippen molar-refractivity contribution in [2.24, 2.45) is 0 Å². The van der Waals surface area contributed by atoms with Gasteiger partial charge >= 0.3 is 25.8 Å². The van der Waals surface area contributed by atoms with Crippen LogP contribution in [0.25, 0.3) is 4.13 Å². The zero-order valence-electron chi connectivity index (χ0n) is 25.3. The Morgan fingerprint density at radius 1 is 0.767 bits per heavy atom. The van der Waals surface area contributed by atoms with Crippen molar-refractivity contribution >= 4 is 46.6 Å². The lowest BCUT2D eigenvalue weighted by molar-refractivity contribution is -0.870. The van der Waals surface area contributed by atoms with Crippen molar-refractivity contribution in [1.29, 1.82) is 0 Å². The third-order valence-corrected chi connectivity index (χ3v) is 11.3. The van der Waals surface area contributed by atoms with E-state index in [-0.39, 0.29) is 5.97 Å². The number of nitrogens with zero attached hydrogens (tertiary/aromatic N) is 2. The molecule has 0 bridgehead atoms. The standard InChI is InChI=1S/C20H44NO5SSi.C2F6NO4S2/c1-7-13-24-28(25-14-8-2,26-15-9-3)19-10-17-27-18-11-20(22)23-16-12-21(4,5)6;3-1(4,5)14(10,11)9-15(12,13)2(6,7)8/h7-19H2,1-6H3;/q+1;-1. The molecule has 0 amide bonds. The van der Waals surface area contributed by atoms with Crippen LogP contribution >= 0.6 is 11.8 Å². The zero-order chi connectivity index (χ0) is 34.0. The van der Waals surface area contributed by atoms with E-state index < -0.39 is 39.9 Å². The fourth-order valence-electron chi connectivity index (χ4n) is 2.48. The Balaban J connectivity index is 0. The van der Waals surface area contributed by atoms with Crippen LogP contribution in [0.5, 0.6) is 0 Å². The van der Waals surface area contributed by atoms with Gasteiger partial charge in [-0.05, 0) is 31.4 Å². The maximum absolute atomic E-state index is 11.8. The lowest BCUT2D eigenvalue weighted by Crippen LogP contribution is -2.46. The summed E-state index contributed by atoms with van der Waals surface area (Å²) in [4.78, 5) is 11.8. The van der Waals surface area contributed by atoms with Crippen molar-refractivity contribution in [3.63, 3.8) is 0 Å². The lowest BCUT2D eigenvalue weighted by atomic mass is 10.5. The largest absolute Gasteiger partial charge is 0.500 e. The number of thioether (sulfide) groups is 1. The first kappa shape index (κ1) is 44.4. The number of ether oxygens (including phenoxy) is 1. The van der Waals surface area contributed by atoms with Crippen molar-refractivity contribution < 1.29 is 70.5 Å². The van der Waals surface area contributed by atoms with Gasteiger partial charge in [0.2, 0.25) is 0 Å². The Labute approximate surface area is 256 Å². The molecule has 0 unspecified atom stereocenters. The third kappa shape index (κ3) is 20.9. The number of carbonyl (C=O) groups is 1. The van der Waals surface area contributed by atoms with Crippen molar-refractivity contribution in [3.05, 3.63) is 4.13 Å². The topological polar surface area (TPSA) is 136 Å². The molecule has 0 fully saturated rings. The monoisotopic (exact) mass is 718 g/mol. The summed E-state index contributed by atoms with van der Waals surface area (Å²) in [6.45, 7) is 9.69. The van der Waals surface area contributed by atoms with E-state index in [0.717, 1.165) is 58.4 Å². The highest BCUT2D eigenvalue weighted by Gasteiger charge is 2.47. The molecule has 0 saturated carbocycles. The molecule has 21 heteroatoms. The molecule has 0 aliphatic carbocycles. The van der Waals surface area contributed by atoms with E-state index in [4.69, 9.17) is 18.0 Å². The number of esters is 1. The average Bonchev–Trinajstić information content (AvgIpc) is 2.84. The van der Waals surface area contributed by atoms with Crippen LogP contribution in [0.1, 0.15) is 52.9 Å². The number of rotatable bonds is 21. The molecule has 0 radical (unpaired) electrons. The maximum atomic E-state index is 11.8. The molecule has 0 aliphatic heterocycles. The fourth-order valence-corrected chi connectivity index (χ4v) is 8.15. The Morgan fingerprint density at radius 3 is 1.53 bits per heavy atom. The van der Waals surface area contributed by atoms with E-state index in [1.54, 1.807) is 11.8 Å². The van der Waals surface area contributed by atoms with Gasteiger partial charge in [0.25, 0.3) is 0 Å². The zero-order valence-corrected chi connectivity index (χ0v) is 28.7. The first-order valence-corrected chi connectivity index (χ1v) is 19.3. The molecule has 0 rings (SSSR count). The molecule has 11 nitrogen and oxygen atoms in total. The van der Waals surface area contributed by atoms with E-state index in [9.17, 15) is 48.0 Å². The Hall–Kier alpha value is -0.683. The number of hydrogen-bond acceptors (Lipinski definition) is 10. The predicted octanol–water partition coefficient (Wildman–Crippen LogP) is 5.03. The summed E-state index contributed by atoms with van der Waals surface area (Å²) in [6.07, 6.45) is 4.33. The summed E-state index contributed by atoms with van der Waals surface area (Å²) < 4.78 is 134. The van der Waals surface area contributed by atoms with Crippen LogP contribution in [0.3, 0.4) is 0 Å². The van der Waals surface area contributed by atoms with Gasteiger partial charge in [-0.3, -0.25) is 4.79 Å². The van der Waals surface area contributed by atoms with Gasteiger partial charge in [0.1, 0.15) is 13.2 Å². The van der Waals surface area contributed by atoms with E-state index in [1.165, 1.54) is 0 Å². The molecule has 0 aromatic heterocycles. The smallest absolute Gasteiger partial charge is 0.460 e. The Kier molecular flexibility index (Phi) is 21.1. The first-order valence-electron chi connectivity index (χ1n) is 13.3. The highest BCUT2D eigenvalue weighted by atomic mass is 32.3. The summed E-state index contributed by atoms with van der Waals surface area (Å²) in [5, 5.41) is 0. The minimum atomic E-state index is -6.72. The number of halogens is 6. The highest BCUT2D eigenvalue weighted by molar-refractivity contribution is 8.13. The summed E-state index contributed by atoms with van der Waals surface area (Å²) in [6, 6.07) is 0.841. The predicted molar refractivity (Wildman–Crippen MR) is 153 cm³/mol. The van der Waals surface area contributed by atoms with Crippen LogP contribution in [0.2, 0.25) is 6.04 Å². The van der Waals surface area contributed by atoms with Gasteiger partial charge in [-0.15, -0.1) is 0 Å². The number of alkyl halides is 6. The second kappa shape index (κ2) is 20.4. The Morgan fingerprint density at radius 2 is 1.19 bits per heavy atom. The van der Waals surface area contributed by atoms with E-state index >= 15 is 0 Å². The van der Waals surface area contributed by atoms with Crippen LogP contribution in [0.4, 0.5) is 26.3 Å². The van der Waals surface area contributed by atoms with Crippen molar-refractivity contribution in [3.8, 4) is 0 Å². The van der Waals surface area contributed by atoms with Gasteiger partial charge < -0.3 is 26.6 Å². The molecule has 0 heterocycles. The summed E-state index contributed by atoms with van der Waals surface area (Å²) in [5.41, 5.74) is -12.4. The normalized spacial score (nSPS) is 13.4. The molecule has 0 atom stereocenters. The molecular formula is C22H44F6N2O9S3Si. The molecule has 0 aromatic rings. The summed E-state index contributed by atoms with van der Waals surface area (Å²) >= 11 is 1.78. The molecule has 260 valence electrons. The summed E-state index contributed by atoms with van der Waals surface area (Å²) in [5.74, 6) is 1.66. The summed E-state index contributed by atoms with van der Waals surface area (Å²) in [7, 11) is -9.76. The van der Waals surface area contributed by atoms with Crippen LogP contribution < -0.4 is 0 Å². The molecule has 0 saturated heterocycles. The molecule has 43 heavy (non-hydrogen) atoms. The molecular weight excluding hydrogens is 675 g/mol. The number of sulfonamides is 2. The maximum Gasteiger partial charge on any atom is 0.500 e. The van der Waals surface area contributed by atoms with Gasteiger partial charge in [-0.1, -0.05) is 20.8 Å². The Bertz CT molecular complexity index is 930. The number of likely N-dealkylation sites (N-methyl/N-ethyl adjacent to an activating group) is 1. The lowest BCUT2D eigenvalue weighted by Gasteiger charge is -2.29. The van der Waals surface area contributed by atoms with Crippen molar-refractivity contribution in [2.45, 2.75) is 69.9 Å². The van der Waals surface area contributed by atoms with Gasteiger partial charge in [-0.25, -0.2) is 16.8 Å². The van der Waals surface area contributed by atoms with Gasteiger partial charge in [0.05, 0.1) is 27.6 Å². The van der Waals surface area contributed by atoms with Crippen LogP contribution in [-0.2, 0) is 42.9 Å². The second-order valence-electron chi connectivity index (χ2n) is 9.84. The highest BCUT2D eigenvalue weighted by Crippen LogP contribution is 2.36. The quantitative estimate of drug-likeness (QED) is 0.0523. The van der Waals surface area contributed by atoms with E-state index in [0.29, 0.717) is 32.8 Å². The molecule has 0 aromatic carbocycles. The van der Waals surface area contributed by atoms with Crippen molar-refractivity contribution in [1.82, 2.24) is 0 Å². The van der Waals surface area contributed by atoms with Crippen molar-refractivity contribution in [2.75, 3.05) is 65.6 Å².